The Kier molecular flexibility index (Phi) is 2.78. The molecule has 0 saturated carbocycles. The highest BCUT2D eigenvalue weighted by Gasteiger charge is 2.32. The molecule has 12 heavy (non-hydrogen) atoms. The summed E-state index contributed by atoms with van der Waals surface area (Å²) in [6.45, 7) is 11.2. The Morgan fingerprint density at radius 2 is 1.92 bits per heavy atom. The number of hydrogen-bond acceptors (Lipinski definition) is 2. The summed E-state index contributed by atoms with van der Waals surface area (Å²) in [6, 6.07) is 0. The molecule has 1 rings (SSSR count). The number of allylic oxidation sites excluding steroid dienone is 1. The van der Waals surface area contributed by atoms with Gasteiger partial charge < -0.3 is 9.31 Å². The zero-order valence-corrected chi connectivity index (χ0v) is 8.02. The van der Waals surface area contributed by atoms with Crippen LogP contribution in [-0.2, 0) is 9.31 Å². The minimum Gasteiger partial charge on any atom is -0.406 e. The molecule has 1 saturated heterocycles. The van der Waals surface area contributed by atoms with E-state index in [-0.39, 0.29) is 12.5 Å². The molecule has 3 heteroatoms. The van der Waals surface area contributed by atoms with E-state index in [9.17, 15) is 0 Å². The van der Waals surface area contributed by atoms with Gasteiger partial charge in [-0.2, -0.15) is 0 Å². The SMILES string of the molecule is C=C=C(C)B1OCC(C)(C)CO1. The van der Waals surface area contributed by atoms with Gasteiger partial charge in [0.15, 0.2) is 0 Å². The standard InChI is InChI=1S/C9H15BO2/c1-5-8(2)10-11-6-9(3,4)7-12-10/h1,6-7H2,2-4H3. The van der Waals surface area contributed by atoms with Crippen LogP contribution in [0.2, 0.25) is 0 Å². The summed E-state index contributed by atoms with van der Waals surface area (Å²) in [5.74, 6) is 0. The van der Waals surface area contributed by atoms with Crippen molar-refractivity contribution in [3.8, 4) is 0 Å². The Bertz CT molecular complexity index is 207. The third-order valence-corrected chi connectivity index (χ3v) is 1.88. The van der Waals surface area contributed by atoms with E-state index in [4.69, 9.17) is 9.31 Å². The highest BCUT2D eigenvalue weighted by Crippen LogP contribution is 2.23. The van der Waals surface area contributed by atoms with Crippen molar-refractivity contribution in [2.24, 2.45) is 5.41 Å². The van der Waals surface area contributed by atoms with Crippen molar-refractivity contribution in [2.45, 2.75) is 20.8 Å². The van der Waals surface area contributed by atoms with Gasteiger partial charge in [-0.25, -0.2) is 0 Å². The molecule has 0 unspecified atom stereocenters. The summed E-state index contributed by atoms with van der Waals surface area (Å²) in [5.41, 5.74) is 3.84. The average molecular weight is 166 g/mol. The lowest BCUT2D eigenvalue weighted by atomic mass is 9.77. The summed E-state index contributed by atoms with van der Waals surface area (Å²) in [4.78, 5) is 0. The Morgan fingerprint density at radius 3 is 2.33 bits per heavy atom. The average Bonchev–Trinajstić information content (AvgIpc) is 2.03. The third kappa shape index (κ3) is 2.24. The van der Waals surface area contributed by atoms with Crippen LogP contribution in [0.1, 0.15) is 20.8 Å². The molecule has 0 aromatic rings. The van der Waals surface area contributed by atoms with E-state index >= 15 is 0 Å². The van der Waals surface area contributed by atoms with Crippen LogP contribution in [0.25, 0.3) is 0 Å². The highest BCUT2D eigenvalue weighted by atomic mass is 16.6. The molecule has 0 amide bonds. The molecule has 1 aliphatic rings. The largest absolute Gasteiger partial charge is 0.497 e. The summed E-state index contributed by atoms with van der Waals surface area (Å²) in [6.07, 6.45) is 0. The fraction of sp³-hybridized carbons (Fsp3) is 0.667. The molecule has 2 nitrogen and oxygen atoms in total. The normalized spacial score (nSPS) is 21.8. The molecule has 1 heterocycles. The van der Waals surface area contributed by atoms with Gasteiger partial charge in [0.05, 0.1) is 0 Å². The van der Waals surface area contributed by atoms with Gasteiger partial charge in [-0.3, -0.25) is 0 Å². The molecule has 0 spiro atoms. The van der Waals surface area contributed by atoms with E-state index in [0.29, 0.717) is 0 Å². The maximum atomic E-state index is 5.48. The minimum absolute atomic E-state index is 0.137. The van der Waals surface area contributed by atoms with Crippen LogP contribution < -0.4 is 0 Å². The lowest BCUT2D eigenvalue weighted by molar-refractivity contribution is 0.0322. The zero-order chi connectivity index (χ0) is 9.19. The van der Waals surface area contributed by atoms with E-state index in [0.717, 1.165) is 18.7 Å². The quantitative estimate of drug-likeness (QED) is 0.436. The fourth-order valence-corrected chi connectivity index (χ4v) is 1.03. The summed E-state index contributed by atoms with van der Waals surface area (Å²) in [5, 5.41) is 0. The maximum absolute atomic E-state index is 5.48. The number of hydrogen-bond donors (Lipinski definition) is 0. The molecule has 0 atom stereocenters. The van der Waals surface area contributed by atoms with Gasteiger partial charge >= 0.3 is 7.12 Å². The second kappa shape index (κ2) is 3.48. The summed E-state index contributed by atoms with van der Waals surface area (Å²) in [7, 11) is -0.226. The summed E-state index contributed by atoms with van der Waals surface area (Å²) < 4.78 is 11.0. The zero-order valence-electron chi connectivity index (χ0n) is 8.02. The van der Waals surface area contributed by atoms with Gasteiger partial charge in [-0.05, 0) is 12.4 Å². The fourth-order valence-electron chi connectivity index (χ4n) is 1.03. The van der Waals surface area contributed by atoms with Crippen molar-refractivity contribution < 1.29 is 9.31 Å². The molecule has 0 bridgehead atoms. The molecule has 0 aromatic heterocycles. The first-order valence-electron chi connectivity index (χ1n) is 4.15. The predicted molar refractivity (Wildman–Crippen MR) is 49.8 cm³/mol. The van der Waals surface area contributed by atoms with E-state index < -0.39 is 0 Å². The van der Waals surface area contributed by atoms with Crippen LogP contribution >= 0.6 is 0 Å². The van der Waals surface area contributed by atoms with Gasteiger partial charge in [0.2, 0.25) is 0 Å². The van der Waals surface area contributed by atoms with Gasteiger partial charge in [0.25, 0.3) is 0 Å². The van der Waals surface area contributed by atoms with Gasteiger partial charge in [0.1, 0.15) is 0 Å². The summed E-state index contributed by atoms with van der Waals surface area (Å²) >= 11 is 0. The van der Waals surface area contributed by atoms with Crippen LogP contribution in [0, 0.1) is 5.41 Å². The van der Waals surface area contributed by atoms with E-state index in [1.807, 2.05) is 6.92 Å². The molecule has 0 aromatic carbocycles. The Balaban J connectivity index is 2.52. The van der Waals surface area contributed by atoms with Gasteiger partial charge in [-0.1, -0.05) is 20.4 Å². The van der Waals surface area contributed by atoms with Crippen molar-refractivity contribution in [3.63, 3.8) is 0 Å². The molecular formula is C9H15BO2. The topological polar surface area (TPSA) is 18.5 Å². The molecular weight excluding hydrogens is 151 g/mol. The van der Waals surface area contributed by atoms with E-state index in [1.165, 1.54) is 0 Å². The smallest absolute Gasteiger partial charge is 0.406 e. The van der Waals surface area contributed by atoms with Gasteiger partial charge in [0, 0.05) is 18.6 Å². The first kappa shape index (κ1) is 9.59. The lowest BCUT2D eigenvalue weighted by Crippen LogP contribution is -2.41. The Morgan fingerprint density at radius 1 is 1.42 bits per heavy atom. The molecule has 1 aliphatic heterocycles. The minimum atomic E-state index is -0.226. The van der Waals surface area contributed by atoms with Crippen LogP contribution in [0.15, 0.2) is 17.8 Å². The van der Waals surface area contributed by atoms with Crippen LogP contribution in [0.5, 0.6) is 0 Å². The van der Waals surface area contributed by atoms with Crippen LogP contribution in [-0.4, -0.2) is 20.3 Å². The molecule has 0 aliphatic carbocycles. The van der Waals surface area contributed by atoms with Crippen LogP contribution in [0.4, 0.5) is 0 Å². The molecule has 0 radical (unpaired) electrons. The maximum Gasteiger partial charge on any atom is 0.497 e. The molecule has 66 valence electrons. The Labute approximate surface area is 74.4 Å². The Hall–Kier alpha value is -0.495. The molecule has 0 N–H and O–H groups in total. The van der Waals surface area contributed by atoms with Crippen molar-refractivity contribution >= 4 is 7.12 Å². The molecule has 1 fully saturated rings. The first-order valence-corrected chi connectivity index (χ1v) is 4.15. The predicted octanol–water partition coefficient (Wildman–Crippen LogP) is 1.82. The van der Waals surface area contributed by atoms with Crippen LogP contribution in [0.3, 0.4) is 0 Å². The van der Waals surface area contributed by atoms with Crippen molar-refractivity contribution in [1.29, 1.82) is 0 Å². The van der Waals surface area contributed by atoms with Gasteiger partial charge in [-0.15, -0.1) is 5.73 Å². The van der Waals surface area contributed by atoms with E-state index in [1.54, 1.807) is 0 Å². The van der Waals surface area contributed by atoms with Crippen molar-refractivity contribution in [3.05, 3.63) is 17.8 Å². The monoisotopic (exact) mass is 166 g/mol. The lowest BCUT2D eigenvalue weighted by Gasteiger charge is -2.32. The highest BCUT2D eigenvalue weighted by molar-refractivity contribution is 6.53. The van der Waals surface area contributed by atoms with Crippen molar-refractivity contribution in [1.82, 2.24) is 0 Å². The second-order valence-electron chi connectivity index (χ2n) is 3.98. The third-order valence-electron chi connectivity index (χ3n) is 1.88. The van der Waals surface area contributed by atoms with Crippen molar-refractivity contribution in [2.75, 3.05) is 13.2 Å². The number of rotatable bonds is 1. The first-order chi connectivity index (χ1) is 5.55. The van der Waals surface area contributed by atoms with E-state index in [2.05, 4.69) is 26.2 Å². The second-order valence-corrected chi connectivity index (χ2v) is 3.98.